The Morgan fingerprint density at radius 1 is 0.892 bits per heavy atom. The Bertz CT molecular complexity index is 1140. The summed E-state index contributed by atoms with van der Waals surface area (Å²) in [6.07, 6.45) is 0.309. The van der Waals surface area contributed by atoms with Gasteiger partial charge in [0.2, 0.25) is 5.91 Å². The van der Waals surface area contributed by atoms with Crippen LogP contribution in [0.25, 0.3) is 0 Å². The average Bonchev–Trinajstić information content (AvgIpc) is 3.30. The zero-order valence-electron chi connectivity index (χ0n) is 21.3. The fourth-order valence-electron chi connectivity index (χ4n) is 5.28. The van der Waals surface area contributed by atoms with Gasteiger partial charge in [0, 0.05) is 44.8 Å². The van der Waals surface area contributed by atoms with Crippen LogP contribution in [0.4, 0.5) is 10.5 Å². The summed E-state index contributed by atoms with van der Waals surface area (Å²) >= 11 is 0. The number of carbonyl (C=O) groups is 2. The molecule has 0 aromatic heterocycles. The Hall–Kier alpha value is -3.84. The molecule has 0 saturated carbocycles. The van der Waals surface area contributed by atoms with E-state index in [0.29, 0.717) is 32.7 Å². The van der Waals surface area contributed by atoms with Crippen molar-refractivity contribution in [1.82, 2.24) is 15.1 Å². The first-order valence-electron chi connectivity index (χ1n) is 13.0. The minimum atomic E-state index is -0.203. The highest BCUT2D eigenvalue weighted by Crippen LogP contribution is 2.29. The Balaban J connectivity index is 1.18. The molecule has 2 heterocycles. The lowest BCUT2D eigenvalue weighted by Crippen LogP contribution is -2.54. The molecule has 2 aliphatic rings. The van der Waals surface area contributed by atoms with Gasteiger partial charge < -0.3 is 19.9 Å². The largest absolute Gasteiger partial charge is 0.494 e. The lowest BCUT2D eigenvalue weighted by atomic mass is 9.96. The SMILES string of the molecule is CCOc1ccc(N2CC(NC(=O)N3CCN(C(c4ccccc4)c4ccccc4)CC3)CC2=O)cc1. The van der Waals surface area contributed by atoms with Crippen LogP contribution < -0.4 is 15.0 Å². The molecule has 2 aliphatic heterocycles. The number of hydrogen-bond donors (Lipinski definition) is 1. The summed E-state index contributed by atoms with van der Waals surface area (Å²) in [5.41, 5.74) is 3.34. The highest BCUT2D eigenvalue weighted by molar-refractivity contribution is 5.96. The molecule has 3 aromatic carbocycles. The Morgan fingerprint density at radius 3 is 2.05 bits per heavy atom. The van der Waals surface area contributed by atoms with Gasteiger partial charge in [0.05, 0.1) is 18.7 Å². The van der Waals surface area contributed by atoms with Gasteiger partial charge in [0.25, 0.3) is 0 Å². The van der Waals surface area contributed by atoms with Crippen LogP contribution in [0.15, 0.2) is 84.9 Å². The van der Waals surface area contributed by atoms with Gasteiger partial charge in [-0.2, -0.15) is 0 Å². The molecule has 37 heavy (non-hydrogen) atoms. The van der Waals surface area contributed by atoms with Gasteiger partial charge in [-0.3, -0.25) is 9.69 Å². The van der Waals surface area contributed by atoms with Crippen LogP contribution in [-0.2, 0) is 4.79 Å². The highest BCUT2D eigenvalue weighted by Gasteiger charge is 2.34. The highest BCUT2D eigenvalue weighted by atomic mass is 16.5. The molecule has 1 atom stereocenters. The number of amides is 3. The van der Waals surface area contributed by atoms with E-state index in [4.69, 9.17) is 4.74 Å². The molecule has 1 N–H and O–H groups in total. The summed E-state index contributed by atoms with van der Waals surface area (Å²) in [4.78, 5) is 31.8. The molecule has 1 unspecified atom stereocenters. The third-order valence-electron chi connectivity index (χ3n) is 7.11. The van der Waals surface area contributed by atoms with Crippen molar-refractivity contribution in [3.8, 4) is 5.75 Å². The van der Waals surface area contributed by atoms with Gasteiger partial charge in [-0.1, -0.05) is 60.7 Å². The quantitative estimate of drug-likeness (QED) is 0.527. The molecule has 0 aliphatic carbocycles. The molecule has 3 aromatic rings. The standard InChI is InChI=1S/C30H34N4O3/c1-2-37-27-15-13-26(14-16-27)34-22-25(21-28(34)35)31-30(36)33-19-17-32(18-20-33)29(23-9-5-3-6-10-23)24-11-7-4-8-12-24/h3-16,25,29H,2,17-22H2,1H3,(H,31,36). The number of ether oxygens (including phenoxy) is 1. The lowest BCUT2D eigenvalue weighted by Gasteiger charge is -2.40. The Morgan fingerprint density at radius 2 is 1.49 bits per heavy atom. The van der Waals surface area contributed by atoms with Crippen molar-refractivity contribution < 1.29 is 14.3 Å². The normalized spacial score (nSPS) is 18.3. The van der Waals surface area contributed by atoms with Gasteiger partial charge >= 0.3 is 6.03 Å². The van der Waals surface area contributed by atoms with Crippen LogP contribution in [0.2, 0.25) is 0 Å². The van der Waals surface area contributed by atoms with E-state index in [0.717, 1.165) is 24.5 Å². The van der Waals surface area contributed by atoms with Gasteiger partial charge in [0.1, 0.15) is 5.75 Å². The number of urea groups is 1. The molecule has 3 amide bonds. The second-order valence-electron chi connectivity index (χ2n) is 9.53. The van der Waals surface area contributed by atoms with Crippen molar-refractivity contribution >= 4 is 17.6 Å². The Kier molecular flexibility index (Phi) is 7.70. The second kappa shape index (κ2) is 11.5. The molecule has 0 bridgehead atoms. The fraction of sp³-hybridized carbons (Fsp3) is 0.333. The van der Waals surface area contributed by atoms with Crippen LogP contribution in [0.3, 0.4) is 0 Å². The molecule has 192 valence electrons. The van der Waals surface area contributed by atoms with Crippen LogP contribution in [0, 0.1) is 0 Å². The van der Waals surface area contributed by atoms with E-state index in [1.807, 2.05) is 48.2 Å². The number of benzene rings is 3. The van der Waals surface area contributed by atoms with Crippen LogP contribution in [0.5, 0.6) is 5.75 Å². The summed E-state index contributed by atoms with van der Waals surface area (Å²) in [6, 6.07) is 28.5. The van der Waals surface area contributed by atoms with Crippen molar-refractivity contribution in [1.29, 1.82) is 0 Å². The van der Waals surface area contributed by atoms with Gasteiger partial charge in [0.15, 0.2) is 0 Å². The van der Waals surface area contributed by atoms with E-state index in [1.165, 1.54) is 11.1 Å². The third-order valence-corrected chi connectivity index (χ3v) is 7.11. The van der Waals surface area contributed by atoms with E-state index < -0.39 is 0 Å². The fourth-order valence-corrected chi connectivity index (χ4v) is 5.28. The van der Waals surface area contributed by atoms with Gasteiger partial charge in [-0.25, -0.2) is 4.79 Å². The van der Waals surface area contributed by atoms with E-state index in [-0.39, 0.29) is 24.0 Å². The molecule has 2 fully saturated rings. The van der Waals surface area contributed by atoms with Crippen molar-refractivity contribution in [2.75, 3.05) is 44.2 Å². The number of hydrogen-bond acceptors (Lipinski definition) is 4. The molecule has 5 rings (SSSR count). The predicted octanol–water partition coefficient (Wildman–Crippen LogP) is 4.31. The second-order valence-corrected chi connectivity index (χ2v) is 9.53. The van der Waals surface area contributed by atoms with E-state index >= 15 is 0 Å². The molecular formula is C30H34N4O3. The van der Waals surface area contributed by atoms with Crippen molar-refractivity contribution in [2.24, 2.45) is 0 Å². The smallest absolute Gasteiger partial charge is 0.317 e. The Labute approximate surface area is 218 Å². The van der Waals surface area contributed by atoms with Gasteiger partial charge in [-0.05, 0) is 42.3 Å². The first-order valence-corrected chi connectivity index (χ1v) is 13.0. The first-order chi connectivity index (χ1) is 18.1. The number of anilines is 1. The van der Waals surface area contributed by atoms with E-state index in [9.17, 15) is 9.59 Å². The predicted molar refractivity (Wildman–Crippen MR) is 145 cm³/mol. The molecule has 7 nitrogen and oxygen atoms in total. The average molecular weight is 499 g/mol. The van der Waals surface area contributed by atoms with Crippen molar-refractivity contribution in [2.45, 2.75) is 25.4 Å². The summed E-state index contributed by atoms with van der Waals surface area (Å²) in [5.74, 6) is 0.802. The summed E-state index contributed by atoms with van der Waals surface area (Å²) in [5, 5.41) is 3.10. The monoisotopic (exact) mass is 498 g/mol. The first kappa shape index (κ1) is 24.8. The maximum Gasteiger partial charge on any atom is 0.317 e. The van der Waals surface area contributed by atoms with Crippen molar-refractivity contribution in [3.63, 3.8) is 0 Å². The number of nitrogens with zero attached hydrogens (tertiary/aromatic N) is 3. The van der Waals surface area contributed by atoms with Crippen LogP contribution in [0.1, 0.15) is 30.5 Å². The molecule has 0 radical (unpaired) electrons. The van der Waals surface area contributed by atoms with Gasteiger partial charge in [-0.15, -0.1) is 0 Å². The van der Waals surface area contributed by atoms with E-state index in [2.05, 4.69) is 58.7 Å². The number of rotatable bonds is 7. The maximum atomic E-state index is 13.1. The molecule has 0 spiro atoms. The van der Waals surface area contributed by atoms with E-state index in [1.54, 1.807) is 4.90 Å². The molecular weight excluding hydrogens is 464 g/mol. The van der Waals surface area contributed by atoms with Crippen LogP contribution in [-0.4, -0.2) is 67.1 Å². The summed E-state index contributed by atoms with van der Waals surface area (Å²) < 4.78 is 5.49. The zero-order chi connectivity index (χ0) is 25.6. The maximum absolute atomic E-state index is 13.1. The minimum Gasteiger partial charge on any atom is -0.494 e. The molecule has 7 heteroatoms. The molecule has 2 saturated heterocycles. The number of piperazine rings is 1. The topological polar surface area (TPSA) is 65.1 Å². The summed E-state index contributed by atoms with van der Waals surface area (Å²) in [6.45, 7) is 5.87. The minimum absolute atomic E-state index is 0.0212. The summed E-state index contributed by atoms with van der Waals surface area (Å²) in [7, 11) is 0. The number of carbonyl (C=O) groups excluding carboxylic acids is 2. The zero-order valence-corrected chi connectivity index (χ0v) is 21.3. The van der Waals surface area contributed by atoms with Crippen LogP contribution >= 0.6 is 0 Å². The van der Waals surface area contributed by atoms with Crippen molar-refractivity contribution in [3.05, 3.63) is 96.1 Å². The number of nitrogens with one attached hydrogen (secondary N) is 1. The third kappa shape index (κ3) is 5.78. The lowest BCUT2D eigenvalue weighted by molar-refractivity contribution is -0.117.